The molecule has 0 fully saturated rings. The third-order valence-corrected chi connectivity index (χ3v) is 7.53. The zero-order valence-electron chi connectivity index (χ0n) is 24.7. The molecule has 0 spiro atoms. The number of hydrogen-bond acceptors (Lipinski definition) is 4. The molecule has 4 nitrogen and oxygen atoms in total. The van der Waals surface area contributed by atoms with E-state index in [4.69, 9.17) is 9.47 Å². The summed E-state index contributed by atoms with van der Waals surface area (Å²) in [6, 6.07) is 16.7. The third kappa shape index (κ3) is 11.4. The van der Waals surface area contributed by atoms with Gasteiger partial charge >= 0.3 is 0 Å². The second-order valence-electron chi connectivity index (χ2n) is 10.8. The van der Waals surface area contributed by atoms with Gasteiger partial charge in [0.05, 0.1) is 25.6 Å². The molecule has 3 aromatic rings. The normalized spacial score (nSPS) is 11.9. The average molecular weight is 531 g/mol. The summed E-state index contributed by atoms with van der Waals surface area (Å²) in [5.74, 6) is 3.16. The molecule has 39 heavy (non-hydrogen) atoms. The molecule has 0 bridgehead atoms. The summed E-state index contributed by atoms with van der Waals surface area (Å²) < 4.78 is 11.9. The second-order valence-corrected chi connectivity index (χ2v) is 10.8. The maximum Gasteiger partial charge on any atom is 0.159 e. The van der Waals surface area contributed by atoms with Gasteiger partial charge in [-0.15, -0.1) is 0 Å². The zero-order chi connectivity index (χ0) is 27.5. The van der Waals surface area contributed by atoms with Crippen LogP contribution in [0.1, 0.15) is 104 Å². The summed E-state index contributed by atoms with van der Waals surface area (Å²) in [5.41, 5.74) is 3.26. The zero-order valence-corrected chi connectivity index (χ0v) is 24.7. The SMILES string of the molecule is CCCCCCCCCCCOc1ccc(-c2ccccc2-c2ncc(OCCCC[C@@H](C)CC)cn2)cc1. The van der Waals surface area contributed by atoms with Crippen LogP contribution in [0.25, 0.3) is 22.5 Å². The molecule has 0 amide bonds. The number of benzene rings is 2. The molecule has 4 heteroatoms. The van der Waals surface area contributed by atoms with Gasteiger partial charge in [-0.25, -0.2) is 9.97 Å². The van der Waals surface area contributed by atoms with Gasteiger partial charge in [-0.3, -0.25) is 0 Å². The smallest absolute Gasteiger partial charge is 0.159 e. The Hall–Kier alpha value is -2.88. The lowest BCUT2D eigenvalue weighted by atomic mass is 9.99. The highest BCUT2D eigenvalue weighted by Gasteiger charge is 2.10. The third-order valence-electron chi connectivity index (χ3n) is 7.53. The Labute approximate surface area is 237 Å². The lowest BCUT2D eigenvalue weighted by Gasteiger charge is -2.11. The monoisotopic (exact) mass is 530 g/mol. The van der Waals surface area contributed by atoms with E-state index in [9.17, 15) is 0 Å². The molecule has 0 aliphatic heterocycles. The molecular weight excluding hydrogens is 480 g/mol. The minimum Gasteiger partial charge on any atom is -0.494 e. The van der Waals surface area contributed by atoms with Crippen molar-refractivity contribution in [1.82, 2.24) is 9.97 Å². The first-order valence-electron chi connectivity index (χ1n) is 15.5. The number of rotatable bonds is 20. The number of nitrogens with zero attached hydrogens (tertiary/aromatic N) is 2. The summed E-state index contributed by atoms with van der Waals surface area (Å²) >= 11 is 0. The van der Waals surface area contributed by atoms with E-state index in [2.05, 4.69) is 73.2 Å². The van der Waals surface area contributed by atoms with E-state index in [-0.39, 0.29) is 0 Å². The molecule has 3 rings (SSSR count). The Morgan fingerprint density at radius 1 is 0.615 bits per heavy atom. The highest BCUT2D eigenvalue weighted by atomic mass is 16.5. The van der Waals surface area contributed by atoms with Crippen LogP contribution in [0.5, 0.6) is 11.5 Å². The van der Waals surface area contributed by atoms with Crippen LogP contribution < -0.4 is 9.47 Å². The Morgan fingerprint density at radius 3 is 1.82 bits per heavy atom. The van der Waals surface area contributed by atoms with Crippen LogP contribution in [-0.2, 0) is 0 Å². The quantitative estimate of drug-likeness (QED) is 0.136. The van der Waals surface area contributed by atoms with Gasteiger partial charge in [0.1, 0.15) is 5.75 Å². The first-order valence-corrected chi connectivity index (χ1v) is 15.5. The molecule has 0 unspecified atom stereocenters. The molecular formula is C35H50N2O2. The van der Waals surface area contributed by atoms with Crippen LogP contribution in [-0.4, -0.2) is 23.2 Å². The minimum absolute atomic E-state index is 0.709. The van der Waals surface area contributed by atoms with Crippen LogP contribution in [0, 0.1) is 5.92 Å². The Bertz CT molecular complexity index is 1030. The Kier molecular flexibility index (Phi) is 14.5. The number of hydrogen-bond donors (Lipinski definition) is 0. The summed E-state index contributed by atoms with van der Waals surface area (Å²) in [4.78, 5) is 9.24. The van der Waals surface area contributed by atoms with E-state index in [1.807, 2.05) is 6.07 Å². The molecule has 1 atom stereocenters. The first kappa shape index (κ1) is 30.7. The fraction of sp³-hybridized carbons (Fsp3) is 0.543. The summed E-state index contributed by atoms with van der Waals surface area (Å²) in [7, 11) is 0. The van der Waals surface area contributed by atoms with Crippen molar-refractivity contribution in [1.29, 1.82) is 0 Å². The maximum atomic E-state index is 6.01. The molecule has 1 heterocycles. The van der Waals surface area contributed by atoms with Gasteiger partial charge in [0.2, 0.25) is 0 Å². The fourth-order valence-electron chi connectivity index (χ4n) is 4.78. The van der Waals surface area contributed by atoms with Gasteiger partial charge in [-0.2, -0.15) is 0 Å². The Morgan fingerprint density at radius 2 is 1.18 bits per heavy atom. The van der Waals surface area contributed by atoms with Gasteiger partial charge in [0.15, 0.2) is 11.6 Å². The standard InChI is InChI=1S/C35H50N2O2/c1-4-6-7-8-9-10-11-12-16-25-38-31-23-21-30(22-24-31)33-19-13-14-20-34(33)35-36-27-32(28-37-35)39-26-17-15-18-29(3)5-2/h13-14,19-24,27-29H,4-12,15-18,25-26H2,1-3H3/t29-/m0/s1. The molecule has 0 N–H and O–H groups in total. The van der Waals surface area contributed by atoms with Gasteiger partial charge in [0, 0.05) is 5.56 Å². The number of ether oxygens (including phenoxy) is 2. The Balaban J connectivity index is 1.45. The summed E-state index contributed by atoms with van der Waals surface area (Å²) in [6.07, 6.45) is 20.3. The van der Waals surface area contributed by atoms with Crippen molar-refractivity contribution < 1.29 is 9.47 Å². The summed E-state index contributed by atoms with van der Waals surface area (Å²) in [6.45, 7) is 8.33. The number of unbranched alkanes of at least 4 members (excludes halogenated alkanes) is 9. The van der Waals surface area contributed by atoms with E-state index in [0.29, 0.717) is 12.4 Å². The van der Waals surface area contributed by atoms with E-state index in [0.717, 1.165) is 53.6 Å². The molecule has 2 aromatic carbocycles. The predicted octanol–water partition coefficient (Wildman–Crippen LogP) is 10.3. The molecule has 212 valence electrons. The minimum atomic E-state index is 0.709. The van der Waals surface area contributed by atoms with E-state index in [1.54, 1.807) is 12.4 Å². The van der Waals surface area contributed by atoms with Crippen molar-refractivity contribution in [3.8, 4) is 34.0 Å². The average Bonchev–Trinajstić information content (AvgIpc) is 2.98. The van der Waals surface area contributed by atoms with E-state index in [1.165, 1.54) is 70.6 Å². The maximum absolute atomic E-state index is 6.01. The van der Waals surface area contributed by atoms with Crippen molar-refractivity contribution in [2.24, 2.45) is 5.92 Å². The van der Waals surface area contributed by atoms with Gasteiger partial charge in [-0.1, -0.05) is 121 Å². The van der Waals surface area contributed by atoms with Crippen molar-refractivity contribution in [2.75, 3.05) is 13.2 Å². The molecule has 0 saturated carbocycles. The van der Waals surface area contributed by atoms with Crippen LogP contribution in [0.2, 0.25) is 0 Å². The van der Waals surface area contributed by atoms with Crippen LogP contribution in [0.15, 0.2) is 60.9 Å². The summed E-state index contributed by atoms with van der Waals surface area (Å²) in [5, 5.41) is 0. The van der Waals surface area contributed by atoms with Crippen molar-refractivity contribution in [2.45, 2.75) is 104 Å². The molecule has 0 aliphatic carbocycles. The van der Waals surface area contributed by atoms with Crippen LogP contribution in [0.4, 0.5) is 0 Å². The van der Waals surface area contributed by atoms with Crippen LogP contribution >= 0.6 is 0 Å². The van der Waals surface area contributed by atoms with Crippen molar-refractivity contribution in [3.05, 3.63) is 60.9 Å². The van der Waals surface area contributed by atoms with Gasteiger partial charge in [-0.05, 0) is 48.4 Å². The second kappa shape index (κ2) is 18.4. The van der Waals surface area contributed by atoms with Gasteiger partial charge < -0.3 is 9.47 Å². The van der Waals surface area contributed by atoms with Gasteiger partial charge in [0.25, 0.3) is 0 Å². The largest absolute Gasteiger partial charge is 0.494 e. The van der Waals surface area contributed by atoms with E-state index >= 15 is 0 Å². The topological polar surface area (TPSA) is 44.2 Å². The molecule has 0 radical (unpaired) electrons. The fourth-order valence-corrected chi connectivity index (χ4v) is 4.78. The highest BCUT2D eigenvalue weighted by molar-refractivity contribution is 5.80. The highest BCUT2D eigenvalue weighted by Crippen LogP contribution is 2.31. The first-order chi connectivity index (χ1) is 19.2. The van der Waals surface area contributed by atoms with E-state index < -0.39 is 0 Å². The lowest BCUT2D eigenvalue weighted by molar-refractivity contribution is 0.297. The van der Waals surface area contributed by atoms with Crippen molar-refractivity contribution >= 4 is 0 Å². The molecule has 0 saturated heterocycles. The lowest BCUT2D eigenvalue weighted by Crippen LogP contribution is -2.01. The van der Waals surface area contributed by atoms with Crippen LogP contribution in [0.3, 0.4) is 0 Å². The predicted molar refractivity (Wildman–Crippen MR) is 164 cm³/mol. The van der Waals surface area contributed by atoms with Crippen molar-refractivity contribution in [3.63, 3.8) is 0 Å². The number of aromatic nitrogens is 2. The molecule has 0 aliphatic rings. The molecule has 1 aromatic heterocycles.